The van der Waals surface area contributed by atoms with Crippen molar-refractivity contribution in [1.82, 2.24) is 0 Å². The summed E-state index contributed by atoms with van der Waals surface area (Å²) in [4.78, 5) is 0. The van der Waals surface area contributed by atoms with E-state index in [1.54, 1.807) is 0 Å². The molecule has 0 N–H and O–H groups in total. The Morgan fingerprint density at radius 1 is 1.33 bits per heavy atom. The van der Waals surface area contributed by atoms with E-state index in [1.165, 1.54) is 42.3 Å². The molecule has 2 radical (unpaired) electrons. The van der Waals surface area contributed by atoms with E-state index in [1.807, 2.05) is 0 Å². The molecule has 0 bridgehead atoms. The van der Waals surface area contributed by atoms with Crippen molar-refractivity contribution >= 4 is 23.0 Å². The number of hydrogen-bond acceptors (Lipinski definition) is 0. The number of rotatable bonds is 5. The molecule has 1 atom stereocenters. The van der Waals surface area contributed by atoms with Gasteiger partial charge in [-0.25, -0.2) is 0 Å². The molecule has 0 aliphatic heterocycles. The third kappa shape index (κ3) is 8.75. The van der Waals surface area contributed by atoms with Crippen molar-refractivity contribution in [2.75, 3.05) is 0 Å². The van der Waals surface area contributed by atoms with Crippen LogP contribution in [0.5, 0.6) is 0 Å². The maximum atomic E-state index is 12.2. The Morgan fingerprint density at radius 2 is 2.00 bits per heavy atom. The zero-order valence-corrected chi connectivity index (χ0v) is 8.49. The predicted octanol–water partition coefficient (Wildman–Crippen LogP) is 2.42. The van der Waals surface area contributed by atoms with Gasteiger partial charge in [-0.2, -0.15) is 0 Å². The molecule has 54 valence electrons. The van der Waals surface area contributed by atoms with Gasteiger partial charge in [-0.15, -0.1) is 0 Å². The maximum absolute atomic E-state index is 12.2. The van der Waals surface area contributed by atoms with Crippen LogP contribution in [0.4, 0.5) is 4.39 Å². The van der Waals surface area contributed by atoms with E-state index in [9.17, 15) is 4.39 Å². The minimum atomic E-state index is -0.546. The predicted molar refractivity (Wildman–Crippen MR) is 39.4 cm³/mol. The second-order valence-corrected chi connectivity index (χ2v) is 3.88. The molecule has 0 saturated heterocycles. The van der Waals surface area contributed by atoms with Crippen LogP contribution in [0.15, 0.2) is 0 Å². The molecule has 0 aliphatic carbocycles. The summed E-state index contributed by atoms with van der Waals surface area (Å²) in [6.07, 6.45) is 5.56. The summed E-state index contributed by atoms with van der Waals surface area (Å²) in [5.41, 5.74) is 0. The first-order valence-corrected chi connectivity index (χ1v) is 5.07. The van der Waals surface area contributed by atoms with Crippen molar-refractivity contribution in [2.45, 2.75) is 43.1 Å². The van der Waals surface area contributed by atoms with Crippen molar-refractivity contribution < 1.29 is 4.39 Å². The zero-order chi connectivity index (χ0) is 7.11. The Hall–Kier alpha value is 0.748. The number of alkyl halides is 1. The van der Waals surface area contributed by atoms with Crippen LogP contribution in [0.25, 0.3) is 0 Å². The minimum absolute atomic E-state index is 0.546. The van der Waals surface area contributed by atoms with Gasteiger partial charge < -0.3 is 0 Å². The van der Waals surface area contributed by atoms with Crippen molar-refractivity contribution in [3.8, 4) is 0 Å². The van der Waals surface area contributed by atoms with E-state index in [-0.39, 0.29) is 0 Å². The molecule has 0 heterocycles. The second kappa shape index (κ2) is 6.86. The molecule has 0 aromatic carbocycles. The molecule has 0 amide bonds. The van der Waals surface area contributed by atoms with Crippen LogP contribution in [-0.4, -0.2) is 27.1 Å². The fourth-order valence-electron chi connectivity index (χ4n) is 0.740. The molecule has 0 saturated carbocycles. The summed E-state index contributed by atoms with van der Waals surface area (Å²) >= 11 is 1.30. The summed E-state index contributed by atoms with van der Waals surface area (Å²) in [7, 11) is 0. The normalized spacial score (nSPS) is 13.7. The Balaban J connectivity index is 2.75. The van der Waals surface area contributed by atoms with Crippen LogP contribution >= 0.6 is 0 Å². The van der Waals surface area contributed by atoms with Crippen LogP contribution in [0.2, 0.25) is 0 Å². The number of hydrogen-bond donors (Lipinski definition) is 0. The first-order valence-electron chi connectivity index (χ1n) is 3.59. The molecular weight excluding hydrogens is 225 g/mol. The van der Waals surface area contributed by atoms with Crippen LogP contribution in [-0.2, 0) is 0 Å². The van der Waals surface area contributed by atoms with E-state index < -0.39 is 4.12 Å². The molecule has 0 fully saturated rings. The van der Waals surface area contributed by atoms with Gasteiger partial charge in [0.2, 0.25) is 0 Å². The summed E-state index contributed by atoms with van der Waals surface area (Å²) in [5, 5.41) is 0. The monoisotopic (exact) mass is 238 g/mol. The molecular formula is C7H14FSb. The molecule has 0 nitrogen and oxygen atoms in total. The van der Waals surface area contributed by atoms with Gasteiger partial charge in [0, 0.05) is 0 Å². The zero-order valence-electron chi connectivity index (χ0n) is 5.94. The van der Waals surface area contributed by atoms with Crippen molar-refractivity contribution in [1.29, 1.82) is 0 Å². The third-order valence-electron chi connectivity index (χ3n) is 1.30. The Bertz CT molecular complexity index is 54.9. The standard InChI is InChI=1S/C7H14F.Sb/c1-2-3-4-5-6-7-8;/h7H,2-6H2,1H3;. The van der Waals surface area contributed by atoms with Crippen molar-refractivity contribution in [2.24, 2.45) is 0 Å². The van der Waals surface area contributed by atoms with Crippen molar-refractivity contribution in [3.05, 3.63) is 0 Å². The van der Waals surface area contributed by atoms with Gasteiger partial charge in [-0.05, 0) is 0 Å². The summed E-state index contributed by atoms with van der Waals surface area (Å²) in [5.74, 6) is 0. The third-order valence-corrected chi connectivity index (χ3v) is 2.03. The van der Waals surface area contributed by atoms with E-state index in [4.69, 9.17) is 0 Å². The van der Waals surface area contributed by atoms with E-state index in [0.717, 1.165) is 12.8 Å². The molecule has 0 spiro atoms. The molecule has 0 aliphatic rings. The number of unbranched alkanes of at least 4 members (excludes halogenated alkanes) is 3. The molecule has 0 aromatic heterocycles. The molecule has 0 rings (SSSR count). The first-order chi connectivity index (χ1) is 4.27. The molecule has 0 aromatic rings. The van der Waals surface area contributed by atoms with Crippen LogP contribution < -0.4 is 0 Å². The van der Waals surface area contributed by atoms with Gasteiger partial charge in [0.1, 0.15) is 0 Å². The van der Waals surface area contributed by atoms with E-state index >= 15 is 0 Å². The topological polar surface area (TPSA) is 0 Å². The van der Waals surface area contributed by atoms with Gasteiger partial charge >= 0.3 is 70.6 Å². The van der Waals surface area contributed by atoms with Crippen LogP contribution in [0.1, 0.15) is 39.0 Å². The van der Waals surface area contributed by atoms with E-state index in [2.05, 4.69) is 6.92 Å². The van der Waals surface area contributed by atoms with Crippen molar-refractivity contribution in [3.63, 3.8) is 0 Å². The van der Waals surface area contributed by atoms with Crippen LogP contribution in [0.3, 0.4) is 0 Å². The average Bonchev–Trinajstić information content (AvgIpc) is 1.80. The SMILES string of the molecule is CCCCCC[CH](F)[Sb]. The van der Waals surface area contributed by atoms with E-state index in [0.29, 0.717) is 0 Å². The Labute approximate surface area is 70.7 Å². The fraction of sp³-hybridized carbons (Fsp3) is 1.00. The number of halogens is 1. The molecule has 2 heteroatoms. The second-order valence-electron chi connectivity index (χ2n) is 2.28. The van der Waals surface area contributed by atoms with Gasteiger partial charge in [0.05, 0.1) is 0 Å². The average molecular weight is 239 g/mol. The summed E-state index contributed by atoms with van der Waals surface area (Å²) in [6.45, 7) is 2.17. The van der Waals surface area contributed by atoms with Gasteiger partial charge in [0.15, 0.2) is 0 Å². The quantitative estimate of drug-likeness (QED) is 0.510. The Morgan fingerprint density at radius 3 is 2.44 bits per heavy atom. The van der Waals surface area contributed by atoms with Gasteiger partial charge in [0.25, 0.3) is 0 Å². The molecule has 9 heavy (non-hydrogen) atoms. The summed E-state index contributed by atoms with van der Waals surface area (Å²) < 4.78 is 11.6. The van der Waals surface area contributed by atoms with Gasteiger partial charge in [-0.1, -0.05) is 0 Å². The summed E-state index contributed by atoms with van der Waals surface area (Å²) in [6, 6.07) is 0. The van der Waals surface area contributed by atoms with Gasteiger partial charge in [-0.3, -0.25) is 0 Å². The molecule has 1 unspecified atom stereocenters. The van der Waals surface area contributed by atoms with Crippen LogP contribution in [0, 0.1) is 0 Å². The Kier molecular flexibility index (Phi) is 7.43. The fourth-order valence-corrected chi connectivity index (χ4v) is 1.26. The first kappa shape index (κ1) is 9.75.